The lowest BCUT2D eigenvalue weighted by molar-refractivity contribution is 0.593. The minimum Gasteiger partial charge on any atom is -0.382 e. The van der Waals surface area contributed by atoms with E-state index < -0.39 is 0 Å². The van der Waals surface area contributed by atoms with Gasteiger partial charge in [-0.05, 0) is 31.0 Å². The number of hydrogen-bond acceptors (Lipinski definition) is 2. The quantitative estimate of drug-likeness (QED) is 0.763. The smallest absolute Gasteiger partial charge is 0.0381 e. The van der Waals surface area contributed by atoms with Crippen LogP contribution in [0.1, 0.15) is 39.5 Å². The van der Waals surface area contributed by atoms with Crippen LogP contribution in [-0.4, -0.2) is 20.1 Å². The average Bonchev–Trinajstić information content (AvgIpc) is 2.34. The molecular weight excluding hydrogens is 208 g/mol. The van der Waals surface area contributed by atoms with E-state index in [0.29, 0.717) is 6.04 Å². The fourth-order valence-electron chi connectivity index (χ4n) is 1.94. The number of hydrogen-bond donors (Lipinski definition) is 1. The van der Waals surface area contributed by atoms with Gasteiger partial charge in [0.05, 0.1) is 0 Å². The normalized spacial score (nSPS) is 12.2. The second-order valence-electron chi connectivity index (χ2n) is 4.84. The molecule has 0 radical (unpaired) electrons. The number of benzene rings is 1. The Bertz CT molecular complexity index is 320. The lowest BCUT2D eigenvalue weighted by atomic mass is 10.1. The second kappa shape index (κ2) is 7.21. The highest BCUT2D eigenvalue weighted by molar-refractivity contribution is 5.57. The Labute approximate surface area is 106 Å². The molecule has 0 heterocycles. The summed E-state index contributed by atoms with van der Waals surface area (Å²) >= 11 is 0. The van der Waals surface area contributed by atoms with Gasteiger partial charge in [0, 0.05) is 31.5 Å². The van der Waals surface area contributed by atoms with Gasteiger partial charge in [-0.1, -0.05) is 32.8 Å². The van der Waals surface area contributed by atoms with Crippen molar-refractivity contribution in [2.45, 2.75) is 45.6 Å². The van der Waals surface area contributed by atoms with Crippen LogP contribution in [0.3, 0.4) is 0 Å². The van der Waals surface area contributed by atoms with Gasteiger partial charge in [-0.3, -0.25) is 0 Å². The maximum absolute atomic E-state index is 3.63. The predicted octanol–water partition coefficient (Wildman–Crippen LogP) is 4.13. The van der Waals surface area contributed by atoms with Crippen LogP contribution in [0.4, 0.5) is 11.4 Å². The molecule has 1 aromatic rings. The highest BCUT2D eigenvalue weighted by Crippen LogP contribution is 2.19. The van der Waals surface area contributed by atoms with Gasteiger partial charge in [0.15, 0.2) is 0 Å². The Morgan fingerprint density at radius 1 is 1.24 bits per heavy atom. The molecule has 1 N–H and O–H groups in total. The zero-order valence-corrected chi connectivity index (χ0v) is 11.7. The summed E-state index contributed by atoms with van der Waals surface area (Å²) in [7, 11) is 4.15. The first-order valence-electron chi connectivity index (χ1n) is 6.71. The van der Waals surface area contributed by atoms with E-state index >= 15 is 0 Å². The van der Waals surface area contributed by atoms with Crippen molar-refractivity contribution in [1.29, 1.82) is 0 Å². The average molecular weight is 234 g/mol. The molecule has 0 fully saturated rings. The maximum atomic E-state index is 3.63. The molecule has 0 spiro atoms. The molecular formula is C15H26N2. The fraction of sp³-hybridized carbons (Fsp3) is 0.600. The van der Waals surface area contributed by atoms with Gasteiger partial charge in [0.2, 0.25) is 0 Å². The third kappa shape index (κ3) is 4.68. The number of nitrogens with one attached hydrogen (secondary N) is 1. The molecule has 0 aromatic heterocycles. The highest BCUT2D eigenvalue weighted by Gasteiger charge is 2.05. The lowest BCUT2D eigenvalue weighted by Gasteiger charge is -2.20. The van der Waals surface area contributed by atoms with Crippen molar-refractivity contribution in [1.82, 2.24) is 0 Å². The molecule has 0 aliphatic heterocycles. The topological polar surface area (TPSA) is 15.3 Å². The van der Waals surface area contributed by atoms with E-state index in [-0.39, 0.29) is 0 Å². The molecule has 1 atom stereocenters. The Hall–Kier alpha value is -1.18. The van der Waals surface area contributed by atoms with Crippen molar-refractivity contribution in [2.75, 3.05) is 24.3 Å². The summed E-state index contributed by atoms with van der Waals surface area (Å²) in [6, 6.07) is 9.23. The zero-order valence-electron chi connectivity index (χ0n) is 11.7. The Morgan fingerprint density at radius 2 is 2.00 bits per heavy atom. The van der Waals surface area contributed by atoms with Crippen LogP contribution in [0.15, 0.2) is 24.3 Å². The molecule has 1 unspecified atom stereocenters. The minimum atomic E-state index is 0.604. The fourth-order valence-corrected chi connectivity index (χ4v) is 1.94. The van der Waals surface area contributed by atoms with Crippen LogP contribution >= 0.6 is 0 Å². The standard InChI is InChI=1S/C15H26N2/c1-5-7-9-13(6-2)16-14-10-8-11-15(12-14)17(3)4/h8,10-13,16H,5-7,9H2,1-4H3. The number of rotatable bonds is 7. The third-order valence-electron chi connectivity index (χ3n) is 3.13. The second-order valence-corrected chi connectivity index (χ2v) is 4.84. The van der Waals surface area contributed by atoms with Crippen molar-refractivity contribution in [3.8, 4) is 0 Å². The van der Waals surface area contributed by atoms with Crippen LogP contribution in [0.5, 0.6) is 0 Å². The van der Waals surface area contributed by atoms with E-state index in [1.807, 2.05) is 0 Å². The summed E-state index contributed by atoms with van der Waals surface area (Å²) in [6.45, 7) is 4.50. The molecule has 2 heteroatoms. The molecule has 96 valence electrons. The van der Waals surface area contributed by atoms with Crippen LogP contribution < -0.4 is 10.2 Å². The van der Waals surface area contributed by atoms with E-state index in [1.165, 1.54) is 37.1 Å². The Morgan fingerprint density at radius 3 is 2.59 bits per heavy atom. The minimum absolute atomic E-state index is 0.604. The zero-order chi connectivity index (χ0) is 12.7. The summed E-state index contributed by atoms with van der Waals surface area (Å²) in [5.41, 5.74) is 2.49. The van der Waals surface area contributed by atoms with Crippen molar-refractivity contribution < 1.29 is 0 Å². The molecule has 2 nitrogen and oxygen atoms in total. The molecule has 0 aliphatic carbocycles. The molecule has 0 amide bonds. The van der Waals surface area contributed by atoms with E-state index in [1.54, 1.807) is 0 Å². The Kier molecular flexibility index (Phi) is 5.88. The monoisotopic (exact) mass is 234 g/mol. The van der Waals surface area contributed by atoms with Gasteiger partial charge in [-0.25, -0.2) is 0 Å². The summed E-state index contributed by atoms with van der Waals surface area (Å²) in [5.74, 6) is 0. The summed E-state index contributed by atoms with van der Waals surface area (Å²) in [5, 5.41) is 3.63. The first-order valence-corrected chi connectivity index (χ1v) is 6.71. The van der Waals surface area contributed by atoms with Gasteiger partial charge in [0.25, 0.3) is 0 Å². The number of unbranched alkanes of at least 4 members (excludes halogenated alkanes) is 1. The van der Waals surface area contributed by atoms with Crippen molar-refractivity contribution in [3.05, 3.63) is 24.3 Å². The highest BCUT2D eigenvalue weighted by atomic mass is 15.1. The predicted molar refractivity (Wildman–Crippen MR) is 78.0 cm³/mol. The van der Waals surface area contributed by atoms with Crippen molar-refractivity contribution in [3.63, 3.8) is 0 Å². The SMILES string of the molecule is CCCCC(CC)Nc1cccc(N(C)C)c1. The summed E-state index contributed by atoms with van der Waals surface area (Å²) < 4.78 is 0. The largest absolute Gasteiger partial charge is 0.382 e. The van der Waals surface area contributed by atoms with Gasteiger partial charge < -0.3 is 10.2 Å². The molecule has 1 aromatic carbocycles. The lowest BCUT2D eigenvalue weighted by Crippen LogP contribution is -2.18. The Balaban J connectivity index is 2.62. The van der Waals surface area contributed by atoms with Crippen molar-refractivity contribution in [2.24, 2.45) is 0 Å². The summed E-state index contributed by atoms with van der Waals surface area (Å²) in [6.07, 6.45) is 5.03. The summed E-state index contributed by atoms with van der Waals surface area (Å²) in [4.78, 5) is 2.14. The first-order chi connectivity index (χ1) is 8.17. The molecule has 17 heavy (non-hydrogen) atoms. The van der Waals surface area contributed by atoms with Crippen LogP contribution in [-0.2, 0) is 0 Å². The molecule has 0 bridgehead atoms. The molecule has 0 saturated carbocycles. The van der Waals surface area contributed by atoms with Crippen LogP contribution in [0.2, 0.25) is 0 Å². The van der Waals surface area contributed by atoms with E-state index in [4.69, 9.17) is 0 Å². The van der Waals surface area contributed by atoms with Gasteiger partial charge in [-0.2, -0.15) is 0 Å². The van der Waals surface area contributed by atoms with Crippen LogP contribution in [0.25, 0.3) is 0 Å². The third-order valence-corrected chi connectivity index (χ3v) is 3.13. The number of anilines is 2. The van der Waals surface area contributed by atoms with Gasteiger partial charge in [0.1, 0.15) is 0 Å². The van der Waals surface area contributed by atoms with E-state index in [9.17, 15) is 0 Å². The molecule has 1 rings (SSSR count). The van der Waals surface area contributed by atoms with Gasteiger partial charge in [-0.15, -0.1) is 0 Å². The van der Waals surface area contributed by atoms with Crippen LogP contribution in [0, 0.1) is 0 Å². The molecule has 0 saturated heterocycles. The first kappa shape index (κ1) is 13.9. The molecule has 0 aliphatic rings. The van der Waals surface area contributed by atoms with Gasteiger partial charge >= 0.3 is 0 Å². The van der Waals surface area contributed by atoms with E-state index in [2.05, 4.69) is 62.4 Å². The van der Waals surface area contributed by atoms with Crippen molar-refractivity contribution >= 4 is 11.4 Å². The maximum Gasteiger partial charge on any atom is 0.0381 e. The number of nitrogens with zero attached hydrogens (tertiary/aromatic N) is 1. The van der Waals surface area contributed by atoms with E-state index in [0.717, 1.165) is 0 Å².